The van der Waals surface area contributed by atoms with Gasteiger partial charge in [-0.25, -0.2) is 0 Å². The van der Waals surface area contributed by atoms with E-state index in [1.54, 1.807) is 6.26 Å². The first-order valence-electron chi connectivity index (χ1n) is 5.99. The summed E-state index contributed by atoms with van der Waals surface area (Å²) in [5, 5.41) is 3.38. The molecule has 0 atom stereocenters. The van der Waals surface area contributed by atoms with E-state index < -0.39 is 0 Å². The van der Waals surface area contributed by atoms with Crippen molar-refractivity contribution in [1.82, 2.24) is 10.2 Å². The molecule has 0 unspecified atom stereocenters. The molecule has 1 N–H and O–H groups in total. The molecule has 1 heterocycles. The van der Waals surface area contributed by atoms with Crippen molar-refractivity contribution < 1.29 is 4.42 Å². The van der Waals surface area contributed by atoms with Gasteiger partial charge in [0.1, 0.15) is 5.76 Å². The van der Waals surface area contributed by atoms with E-state index in [1.165, 1.54) is 5.56 Å². The second-order valence-electron chi connectivity index (χ2n) is 4.91. The molecule has 1 rings (SSSR count). The fourth-order valence-corrected chi connectivity index (χ4v) is 1.41. The Morgan fingerprint density at radius 2 is 2.00 bits per heavy atom. The van der Waals surface area contributed by atoms with Gasteiger partial charge in [-0.2, -0.15) is 0 Å². The van der Waals surface area contributed by atoms with Crippen LogP contribution in [0, 0.1) is 0 Å². The molecule has 1 aromatic rings. The Bertz CT molecular complexity index is 305. The molecule has 0 radical (unpaired) electrons. The van der Waals surface area contributed by atoms with Crippen molar-refractivity contribution in [3.63, 3.8) is 0 Å². The average Bonchev–Trinajstić information content (AvgIpc) is 2.62. The Balaban J connectivity index is 2.56. The molecular formula is C13H24N2O. The number of nitrogens with zero attached hydrogens (tertiary/aromatic N) is 1. The van der Waals surface area contributed by atoms with Gasteiger partial charge in [-0.3, -0.25) is 4.90 Å². The van der Waals surface area contributed by atoms with E-state index in [9.17, 15) is 0 Å². The Hall–Kier alpha value is -0.800. The van der Waals surface area contributed by atoms with Gasteiger partial charge in [0.2, 0.25) is 0 Å². The largest absolute Gasteiger partial charge is 0.468 e. The summed E-state index contributed by atoms with van der Waals surface area (Å²) in [5.41, 5.74) is 1.28. The molecular weight excluding hydrogens is 200 g/mol. The fourth-order valence-electron chi connectivity index (χ4n) is 1.41. The minimum Gasteiger partial charge on any atom is -0.468 e. The monoisotopic (exact) mass is 224 g/mol. The van der Waals surface area contributed by atoms with Gasteiger partial charge in [0.05, 0.1) is 12.8 Å². The number of furan rings is 1. The molecule has 16 heavy (non-hydrogen) atoms. The van der Waals surface area contributed by atoms with Gasteiger partial charge < -0.3 is 9.73 Å². The summed E-state index contributed by atoms with van der Waals surface area (Å²) >= 11 is 0. The maximum absolute atomic E-state index is 5.51. The lowest BCUT2D eigenvalue weighted by molar-refractivity contribution is 0.263. The molecule has 0 bridgehead atoms. The van der Waals surface area contributed by atoms with Crippen LogP contribution in [-0.4, -0.2) is 24.0 Å². The van der Waals surface area contributed by atoms with Gasteiger partial charge >= 0.3 is 0 Å². The van der Waals surface area contributed by atoms with Gasteiger partial charge in [-0.15, -0.1) is 0 Å². The highest BCUT2D eigenvalue weighted by Gasteiger charge is 2.10. The maximum Gasteiger partial charge on any atom is 0.122 e. The van der Waals surface area contributed by atoms with E-state index in [-0.39, 0.29) is 0 Å². The van der Waals surface area contributed by atoms with E-state index in [0.29, 0.717) is 12.1 Å². The predicted octanol–water partition coefficient (Wildman–Crippen LogP) is 2.62. The van der Waals surface area contributed by atoms with Crippen LogP contribution in [0.1, 0.15) is 39.0 Å². The first kappa shape index (κ1) is 13.3. The lowest BCUT2D eigenvalue weighted by atomic mass is 10.2. The molecule has 3 nitrogen and oxygen atoms in total. The first-order chi connectivity index (χ1) is 7.50. The lowest BCUT2D eigenvalue weighted by Gasteiger charge is -2.20. The van der Waals surface area contributed by atoms with Crippen LogP contribution in [0.25, 0.3) is 0 Å². The highest BCUT2D eigenvalue weighted by Crippen LogP contribution is 2.14. The van der Waals surface area contributed by atoms with Crippen LogP contribution in [0.3, 0.4) is 0 Å². The van der Waals surface area contributed by atoms with Crippen molar-refractivity contribution in [2.75, 3.05) is 7.05 Å². The maximum atomic E-state index is 5.51. The standard InChI is InChI=1S/C13H24N2O/c1-10(2)14-8-13-12(6-7-16-13)9-15(5)11(3)4/h6-7,10-11,14H,8-9H2,1-5H3. The summed E-state index contributed by atoms with van der Waals surface area (Å²) in [7, 11) is 2.14. The number of hydrogen-bond acceptors (Lipinski definition) is 3. The van der Waals surface area contributed by atoms with Crippen LogP contribution in [-0.2, 0) is 13.1 Å². The molecule has 0 spiro atoms. The summed E-state index contributed by atoms with van der Waals surface area (Å²) in [6, 6.07) is 3.11. The second-order valence-corrected chi connectivity index (χ2v) is 4.91. The molecule has 0 aliphatic carbocycles. The van der Waals surface area contributed by atoms with Gasteiger partial charge in [-0.05, 0) is 27.0 Å². The smallest absolute Gasteiger partial charge is 0.122 e. The van der Waals surface area contributed by atoms with E-state index in [2.05, 4.69) is 51.0 Å². The van der Waals surface area contributed by atoms with Gasteiger partial charge in [0.25, 0.3) is 0 Å². The van der Waals surface area contributed by atoms with Gasteiger partial charge in [0.15, 0.2) is 0 Å². The van der Waals surface area contributed by atoms with Crippen LogP contribution in [0.2, 0.25) is 0 Å². The van der Waals surface area contributed by atoms with Crippen molar-refractivity contribution in [2.45, 2.75) is 52.9 Å². The Labute approximate surface area is 98.8 Å². The third-order valence-corrected chi connectivity index (χ3v) is 2.81. The zero-order valence-electron chi connectivity index (χ0n) is 11.1. The van der Waals surface area contributed by atoms with Crippen molar-refractivity contribution in [3.8, 4) is 0 Å². The SMILES string of the molecule is CC(C)NCc1occc1CN(C)C(C)C. The molecule has 0 aromatic carbocycles. The molecule has 92 valence electrons. The number of nitrogens with one attached hydrogen (secondary N) is 1. The molecule has 0 fully saturated rings. The lowest BCUT2D eigenvalue weighted by Crippen LogP contribution is -2.27. The summed E-state index contributed by atoms with van der Waals surface area (Å²) in [4.78, 5) is 2.31. The number of hydrogen-bond donors (Lipinski definition) is 1. The van der Waals surface area contributed by atoms with Crippen molar-refractivity contribution in [3.05, 3.63) is 23.7 Å². The van der Waals surface area contributed by atoms with Crippen molar-refractivity contribution in [1.29, 1.82) is 0 Å². The number of rotatable bonds is 6. The summed E-state index contributed by atoms with van der Waals surface area (Å²) in [6.07, 6.45) is 1.78. The van der Waals surface area contributed by atoms with Gasteiger partial charge in [-0.1, -0.05) is 13.8 Å². The molecule has 1 aromatic heterocycles. The first-order valence-corrected chi connectivity index (χ1v) is 5.99. The third-order valence-electron chi connectivity index (χ3n) is 2.81. The second kappa shape index (κ2) is 6.06. The van der Waals surface area contributed by atoms with Crippen LogP contribution in [0.5, 0.6) is 0 Å². The molecule has 0 aliphatic heterocycles. The molecule has 0 amide bonds. The van der Waals surface area contributed by atoms with Crippen LogP contribution in [0.15, 0.2) is 16.7 Å². The Kier molecular flexibility index (Phi) is 5.03. The molecule has 3 heteroatoms. The van der Waals surface area contributed by atoms with Crippen molar-refractivity contribution >= 4 is 0 Å². The topological polar surface area (TPSA) is 28.4 Å². The zero-order valence-corrected chi connectivity index (χ0v) is 11.1. The Morgan fingerprint density at radius 3 is 2.56 bits per heavy atom. The van der Waals surface area contributed by atoms with Crippen LogP contribution >= 0.6 is 0 Å². The Morgan fingerprint density at radius 1 is 1.31 bits per heavy atom. The normalized spacial score (nSPS) is 12.0. The minimum absolute atomic E-state index is 0.487. The van der Waals surface area contributed by atoms with E-state index in [1.807, 2.05) is 0 Å². The highest BCUT2D eigenvalue weighted by molar-refractivity contribution is 5.16. The average molecular weight is 224 g/mol. The van der Waals surface area contributed by atoms with E-state index >= 15 is 0 Å². The van der Waals surface area contributed by atoms with E-state index in [0.717, 1.165) is 18.8 Å². The van der Waals surface area contributed by atoms with E-state index in [4.69, 9.17) is 4.42 Å². The summed E-state index contributed by atoms with van der Waals surface area (Å²) in [6.45, 7) is 10.4. The minimum atomic E-state index is 0.487. The fraction of sp³-hybridized carbons (Fsp3) is 0.692. The zero-order chi connectivity index (χ0) is 12.1. The quantitative estimate of drug-likeness (QED) is 0.805. The summed E-state index contributed by atoms with van der Waals surface area (Å²) in [5.74, 6) is 1.06. The summed E-state index contributed by atoms with van der Waals surface area (Å²) < 4.78 is 5.51. The molecule has 0 saturated heterocycles. The van der Waals surface area contributed by atoms with Crippen molar-refractivity contribution in [2.24, 2.45) is 0 Å². The highest BCUT2D eigenvalue weighted by atomic mass is 16.3. The predicted molar refractivity (Wildman–Crippen MR) is 67.3 cm³/mol. The van der Waals surface area contributed by atoms with Crippen LogP contribution < -0.4 is 5.32 Å². The molecule has 0 saturated carbocycles. The van der Waals surface area contributed by atoms with Gasteiger partial charge in [0, 0.05) is 24.2 Å². The van der Waals surface area contributed by atoms with Crippen LogP contribution in [0.4, 0.5) is 0 Å². The molecule has 0 aliphatic rings. The third kappa shape index (κ3) is 3.99.